The number of pyridine rings is 1. The summed E-state index contributed by atoms with van der Waals surface area (Å²) in [6.45, 7) is 3.97. The molecule has 0 aromatic carbocycles. The minimum Gasteiger partial charge on any atom is -0.427 e. The smallest absolute Gasteiger partial charge is 0.145 e. The molecule has 1 aromatic heterocycles. The van der Waals surface area contributed by atoms with E-state index in [1.165, 1.54) is 0 Å². The third-order valence-electron chi connectivity index (χ3n) is 1.83. The molecule has 1 N–H and O–H groups in total. The molecule has 1 aromatic rings. The number of aromatic nitrogens is 1. The van der Waals surface area contributed by atoms with E-state index in [-0.39, 0.29) is 0 Å². The normalized spacial score (nSPS) is 10.2. The van der Waals surface area contributed by atoms with Gasteiger partial charge in [0.15, 0.2) is 0 Å². The van der Waals surface area contributed by atoms with E-state index in [0.29, 0.717) is 4.64 Å². The molecular formula is C9H13NOS. The maximum absolute atomic E-state index is 9.52. The lowest BCUT2D eigenvalue weighted by atomic mass is 10.2. The predicted octanol–water partition coefficient (Wildman–Crippen LogP) is 2.72. The Bertz CT molecular complexity index is 330. The molecule has 0 spiro atoms. The largest absolute Gasteiger partial charge is 0.427 e. The lowest BCUT2D eigenvalue weighted by Crippen LogP contribution is -2.04. The molecule has 0 radical (unpaired) electrons. The molecule has 0 aliphatic heterocycles. The van der Waals surface area contributed by atoms with Crippen molar-refractivity contribution in [2.45, 2.75) is 26.7 Å². The summed E-state index contributed by atoms with van der Waals surface area (Å²) < 4.78 is 1.62. The molecule has 3 heteroatoms. The highest BCUT2D eigenvalue weighted by Gasteiger charge is 1.99. The van der Waals surface area contributed by atoms with Crippen molar-refractivity contribution in [3.05, 3.63) is 28.0 Å². The van der Waals surface area contributed by atoms with Crippen LogP contribution in [0.5, 0.6) is 0 Å². The molecule has 12 heavy (non-hydrogen) atoms. The molecule has 0 atom stereocenters. The first-order chi connectivity index (χ1) is 5.66. The Balaban J connectivity index is 3.18. The van der Waals surface area contributed by atoms with Crippen molar-refractivity contribution in [3.63, 3.8) is 0 Å². The van der Waals surface area contributed by atoms with E-state index in [0.717, 1.165) is 28.8 Å². The number of rotatable bonds is 2. The second-order valence-corrected chi connectivity index (χ2v) is 3.26. The van der Waals surface area contributed by atoms with Gasteiger partial charge in [0.25, 0.3) is 0 Å². The third kappa shape index (κ3) is 1.67. The first kappa shape index (κ1) is 9.26. The van der Waals surface area contributed by atoms with Crippen LogP contribution in [-0.4, -0.2) is 9.94 Å². The Hall–Kier alpha value is -0.830. The van der Waals surface area contributed by atoms with E-state index in [2.05, 4.69) is 6.92 Å². The van der Waals surface area contributed by atoms with Crippen LogP contribution < -0.4 is 0 Å². The van der Waals surface area contributed by atoms with Crippen LogP contribution in [0, 0.1) is 11.6 Å². The Labute approximate surface area is 77.4 Å². The summed E-state index contributed by atoms with van der Waals surface area (Å²) in [5.41, 5.74) is 1.82. The Morgan fingerprint density at radius 2 is 2.17 bits per heavy atom. The lowest BCUT2D eigenvalue weighted by Gasteiger charge is -2.06. The molecule has 2 nitrogen and oxygen atoms in total. The first-order valence-corrected chi connectivity index (χ1v) is 4.48. The molecule has 0 fully saturated rings. The monoisotopic (exact) mass is 183 g/mol. The van der Waals surface area contributed by atoms with Crippen LogP contribution in [0.1, 0.15) is 24.6 Å². The Morgan fingerprint density at radius 3 is 2.75 bits per heavy atom. The van der Waals surface area contributed by atoms with Crippen molar-refractivity contribution in [1.82, 2.24) is 4.73 Å². The molecule has 0 amide bonds. The van der Waals surface area contributed by atoms with Crippen LogP contribution in [0.4, 0.5) is 0 Å². The number of hydrogen-bond acceptors (Lipinski definition) is 2. The van der Waals surface area contributed by atoms with Gasteiger partial charge in [-0.1, -0.05) is 31.6 Å². The molecule has 0 aliphatic rings. The summed E-state index contributed by atoms with van der Waals surface area (Å²) in [7, 11) is 0. The van der Waals surface area contributed by atoms with Crippen LogP contribution in [0.25, 0.3) is 0 Å². The zero-order valence-electron chi connectivity index (χ0n) is 7.37. The van der Waals surface area contributed by atoms with Gasteiger partial charge in [-0.2, -0.15) is 4.73 Å². The van der Waals surface area contributed by atoms with Crippen molar-refractivity contribution >= 4 is 12.2 Å². The molecule has 66 valence electrons. The van der Waals surface area contributed by atoms with Gasteiger partial charge in [-0.15, -0.1) is 0 Å². The highest BCUT2D eigenvalue weighted by atomic mass is 32.1. The van der Waals surface area contributed by atoms with Gasteiger partial charge in [-0.05, 0) is 25.0 Å². The maximum Gasteiger partial charge on any atom is 0.145 e. The Morgan fingerprint density at radius 1 is 1.50 bits per heavy atom. The van der Waals surface area contributed by atoms with Crippen LogP contribution in [-0.2, 0) is 6.42 Å². The molecule has 0 saturated heterocycles. The van der Waals surface area contributed by atoms with Gasteiger partial charge >= 0.3 is 0 Å². The summed E-state index contributed by atoms with van der Waals surface area (Å²) in [6, 6.07) is 3.86. The number of aryl methyl sites for hydroxylation is 2. The quantitative estimate of drug-likeness (QED) is 0.563. The summed E-state index contributed by atoms with van der Waals surface area (Å²) in [5, 5.41) is 9.52. The van der Waals surface area contributed by atoms with E-state index in [9.17, 15) is 5.21 Å². The zero-order valence-corrected chi connectivity index (χ0v) is 8.19. The standard InChI is InChI=1S/C9H13NOS/c1-3-4-8-6-5-7(2)9(12)10(8)11/h5-6,11H,3-4H2,1-2H3. The fourth-order valence-corrected chi connectivity index (χ4v) is 1.29. The molecule has 1 heterocycles. The van der Waals surface area contributed by atoms with E-state index in [4.69, 9.17) is 12.2 Å². The second-order valence-electron chi connectivity index (χ2n) is 2.87. The van der Waals surface area contributed by atoms with E-state index >= 15 is 0 Å². The van der Waals surface area contributed by atoms with Gasteiger partial charge in [0, 0.05) is 0 Å². The zero-order chi connectivity index (χ0) is 9.14. The van der Waals surface area contributed by atoms with Gasteiger partial charge in [0.05, 0.1) is 5.69 Å². The van der Waals surface area contributed by atoms with Crippen molar-refractivity contribution in [2.75, 3.05) is 0 Å². The summed E-state index contributed by atoms with van der Waals surface area (Å²) in [6.07, 6.45) is 1.87. The van der Waals surface area contributed by atoms with Gasteiger partial charge in [-0.3, -0.25) is 0 Å². The molecular weight excluding hydrogens is 170 g/mol. The minimum absolute atomic E-state index is 0.515. The highest BCUT2D eigenvalue weighted by molar-refractivity contribution is 7.71. The topological polar surface area (TPSA) is 25.2 Å². The van der Waals surface area contributed by atoms with Crippen molar-refractivity contribution in [2.24, 2.45) is 0 Å². The van der Waals surface area contributed by atoms with E-state index < -0.39 is 0 Å². The summed E-state index contributed by atoms with van der Waals surface area (Å²) in [5.74, 6) is 0. The van der Waals surface area contributed by atoms with Gasteiger partial charge in [0.1, 0.15) is 4.64 Å². The maximum atomic E-state index is 9.52. The molecule has 0 saturated carbocycles. The molecule has 0 bridgehead atoms. The van der Waals surface area contributed by atoms with Crippen molar-refractivity contribution < 1.29 is 5.21 Å². The average Bonchev–Trinajstić information content (AvgIpc) is 2.07. The Kier molecular flexibility index (Phi) is 2.87. The van der Waals surface area contributed by atoms with Crippen molar-refractivity contribution in [1.29, 1.82) is 0 Å². The third-order valence-corrected chi connectivity index (χ3v) is 2.33. The van der Waals surface area contributed by atoms with Gasteiger partial charge < -0.3 is 5.21 Å². The highest BCUT2D eigenvalue weighted by Crippen LogP contribution is 2.07. The first-order valence-electron chi connectivity index (χ1n) is 4.07. The summed E-state index contributed by atoms with van der Waals surface area (Å²) >= 11 is 5.01. The second kappa shape index (κ2) is 3.72. The number of nitrogens with zero attached hydrogens (tertiary/aromatic N) is 1. The average molecular weight is 183 g/mol. The van der Waals surface area contributed by atoms with Gasteiger partial charge in [0.2, 0.25) is 0 Å². The predicted molar refractivity (Wildman–Crippen MR) is 51.2 cm³/mol. The SMILES string of the molecule is CCCc1ccc(C)c(=S)n1O. The van der Waals surface area contributed by atoms with Crippen LogP contribution >= 0.6 is 12.2 Å². The molecule has 0 unspecified atom stereocenters. The van der Waals surface area contributed by atoms with Crippen LogP contribution in [0.3, 0.4) is 0 Å². The molecule has 0 aliphatic carbocycles. The van der Waals surface area contributed by atoms with Gasteiger partial charge in [-0.25, -0.2) is 0 Å². The lowest BCUT2D eigenvalue weighted by molar-refractivity contribution is 0.170. The number of hydrogen-bond donors (Lipinski definition) is 1. The molecule has 1 rings (SSSR count). The summed E-state index contributed by atoms with van der Waals surface area (Å²) in [4.78, 5) is 0. The van der Waals surface area contributed by atoms with E-state index in [1.54, 1.807) is 0 Å². The van der Waals surface area contributed by atoms with Crippen LogP contribution in [0.2, 0.25) is 0 Å². The fourth-order valence-electron chi connectivity index (χ4n) is 1.11. The van der Waals surface area contributed by atoms with E-state index in [1.807, 2.05) is 19.1 Å². The fraction of sp³-hybridized carbons (Fsp3) is 0.444. The van der Waals surface area contributed by atoms with Crippen molar-refractivity contribution in [3.8, 4) is 0 Å². The van der Waals surface area contributed by atoms with Crippen LogP contribution in [0.15, 0.2) is 12.1 Å². The minimum atomic E-state index is 0.515.